The van der Waals surface area contributed by atoms with E-state index < -0.39 is 17.5 Å². The topological polar surface area (TPSA) is 94.6 Å². The number of nitrogens with zero attached hydrogens (tertiary/aromatic N) is 2. The molecule has 4 N–H and O–H groups in total. The fraction of sp³-hybridized carbons (Fsp3) is 0.211. The molecule has 3 rings (SSSR count). The van der Waals surface area contributed by atoms with Gasteiger partial charge in [-0.05, 0) is 31.2 Å². The van der Waals surface area contributed by atoms with E-state index >= 15 is 0 Å². The molecule has 0 saturated carbocycles. The average Bonchev–Trinajstić information content (AvgIpc) is 2.62. The highest BCUT2D eigenvalue weighted by Crippen LogP contribution is 2.15. The lowest BCUT2D eigenvalue weighted by molar-refractivity contribution is -0.709. The van der Waals surface area contributed by atoms with Crippen LogP contribution >= 0.6 is 0 Å². The molecule has 1 heterocycles. The Bertz CT molecular complexity index is 1070. The molecule has 0 fully saturated rings. The van der Waals surface area contributed by atoms with Crippen molar-refractivity contribution < 1.29 is 18.9 Å². The number of fused-ring (bicyclic) bond motifs is 1. The summed E-state index contributed by atoms with van der Waals surface area (Å²) in [7, 11) is 0. The number of hydrogen-bond acceptors (Lipinski definition) is 3. The average molecular weight is 373 g/mol. The minimum atomic E-state index is -0.659. The number of carbonyl (C=O) groups is 1. The minimum Gasteiger partial charge on any atom is -0.368 e. The molecule has 0 saturated heterocycles. The molecule has 3 aromatic rings. The van der Waals surface area contributed by atoms with Gasteiger partial charge in [0.1, 0.15) is 30.8 Å². The molecule has 27 heavy (non-hydrogen) atoms. The molecule has 0 aliphatic rings. The number of para-hydroxylation sites is 1. The van der Waals surface area contributed by atoms with E-state index in [1.807, 2.05) is 0 Å². The maximum Gasteiger partial charge on any atom is 0.262 e. The Hall–Kier alpha value is -3.13. The van der Waals surface area contributed by atoms with E-state index in [2.05, 4.69) is 4.98 Å². The first-order valence-corrected chi connectivity index (χ1v) is 8.42. The van der Waals surface area contributed by atoms with Gasteiger partial charge in [0.05, 0.1) is 10.9 Å². The summed E-state index contributed by atoms with van der Waals surface area (Å²) in [5.74, 6) is -1.59. The number of carbonyl (C=O) groups excluding carboxylic acids is 1. The van der Waals surface area contributed by atoms with Crippen LogP contribution in [-0.2, 0) is 17.9 Å². The van der Waals surface area contributed by atoms with Crippen molar-refractivity contribution in [2.75, 3.05) is 0 Å². The summed E-state index contributed by atoms with van der Waals surface area (Å²) < 4.78 is 28.3. The minimum absolute atomic E-state index is 0.214. The van der Waals surface area contributed by atoms with Crippen LogP contribution in [0.2, 0.25) is 0 Å². The van der Waals surface area contributed by atoms with Crippen LogP contribution in [0.15, 0.2) is 47.3 Å². The van der Waals surface area contributed by atoms with Gasteiger partial charge in [0.15, 0.2) is 5.82 Å². The monoisotopic (exact) mass is 373 g/mol. The smallest absolute Gasteiger partial charge is 0.262 e. The maximum atomic E-state index is 14.0. The van der Waals surface area contributed by atoms with Gasteiger partial charge in [0.25, 0.3) is 5.56 Å². The molecule has 2 aromatic carbocycles. The van der Waals surface area contributed by atoms with E-state index in [1.54, 1.807) is 36.5 Å². The van der Waals surface area contributed by atoms with Crippen LogP contribution in [0.5, 0.6) is 0 Å². The van der Waals surface area contributed by atoms with Gasteiger partial charge in [0, 0.05) is 11.6 Å². The number of hydrogen-bond donors (Lipinski definition) is 2. The largest absolute Gasteiger partial charge is 0.368 e. The predicted molar refractivity (Wildman–Crippen MR) is 95.6 cm³/mol. The van der Waals surface area contributed by atoms with Gasteiger partial charge >= 0.3 is 0 Å². The summed E-state index contributed by atoms with van der Waals surface area (Å²) in [6.45, 7) is 1.68. The molecule has 8 heteroatoms. The molecule has 140 valence electrons. The highest BCUT2D eigenvalue weighted by Gasteiger charge is 2.18. The van der Waals surface area contributed by atoms with Gasteiger partial charge in [0.2, 0.25) is 5.91 Å². The van der Waals surface area contributed by atoms with E-state index in [9.17, 15) is 18.4 Å². The zero-order valence-corrected chi connectivity index (χ0v) is 14.7. The Labute approximate surface area is 153 Å². The third-order valence-electron chi connectivity index (χ3n) is 4.36. The molecular weight excluding hydrogens is 354 g/mol. The number of quaternary nitrogens is 1. The lowest BCUT2D eigenvalue weighted by Gasteiger charge is -2.15. The number of rotatable bonds is 6. The third kappa shape index (κ3) is 4.01. The number of nitrogens with two attached hydrogens (primary N) is 2. The van der Waals surface area contributed by atoms with Crippen LogP contribution in [0.1, 0.15) is 24.4 Å². The van der Waals surface area contributed by atoms with Gasteiger partial charge in [-0.3, -0.25) is 14.2 Å². The summed E-state index contributed by atoms with van der Waals surface area (Å²) >= 11 is 0. The second kappa shape index (κ2) is 7.63. The Morgan fingerprint density at radius 1 is 1.26 bits per heavy atom. The fourth-order valence-corrected chi connectivity index (χ4v) is 2.97. The molecule has 1 amide bonds. The highest BCUT2D eigenvalue weighted by molar-refractivity contribution is 5.78. The van der Waals surface area contributed by atoms with Gasteiger partial charge in [-0.25, -0.2) is 13.8 Å². The number of halogens is 2. The van der Waals surface area contributed by atoms with Crippen molar-refractivity contribution in [1.29, 1.82) is 0 Å². The van der Waals surface area contributed by atoms with Crippen LogP contribution in [0.3, 0.4) is 0 Å². The quantitative estimate of drug-likeness (QED) is 0.674. The van der Waals surface area contributed by atoms with Gasteiger partial charge in [-0.15, -0.1) is 0 Å². The van der Waals surface area contributed by atoms with Crippen molar-refractivity contribution in [3.63, 3.8) is 0 Å². The lowest BCUT2D eigenvalue weighted by Crippen LogP contribution is -2.83. The molecule has 0 spiro atoms. The number of primary amides is 1. The maximum absolute atomic E-state index is 14.0. The highest BCUT2D eigenvalue weighted by atomic mass is 19.1. The van der Waals surface area contributed by atoms with Crippen LogP contribution in [0, 0.1) is 11.6 Å². The number of aromatic nitrogens is 2. The van der Waals surface area contributed by atoms with E-state index in [-0.39, 0.29) is 24.7 Å². The number of amides is 1. The first-order chi connectivity index (χ1) is 12.9. The molecule has 1 atom stereocenters. The Kier molecular flexibility index (Phi) is 5.27. The van der Waals surface area contributed by atoms with E-state index in [0.717, 1.165) is 6.07 Å². The Morgan fingerprint density at radius 2 is 2.00 bits per heavy atom. The summed E-state index contributed by atoms with van der Waals surface area (Å²) in [5.41, 5.74) is 5.75. The van der Waals surface area contributed by atoms with Crippen molar-refractivity contribution in [2.24, 2.45) is 5.73 Å². The van der Waals surface area contributed by atoms with E-state index in [4.69, 9.17) is 5.73 Å². The second-order valence-electron chi connectivity index (χ2n) is 6.30. The van der Waals surface area contributed by atoms with Crippen LogP contribution in [0.4, 0.5) is 8.78 Å². The van der Waals surface area contributed by atoms with Crippen LogP contribution < -0.4 is 16.6 Å². The molecule has 0 aliphatic heterocycles. The third-order valence-corrected chi connectivity index (χ3v) is 4.36. The Morgan fingerprint density at radius 3 is 2.70 bits per heavy atom. The van der Waals surface area contributed by atoms with Crippen molar-refractivity contribution in [3.05, 3.63) is 75.8 Å². The first-order valence-electron chi connectivity index (χ1n) is 8.42. The molecule has 1 aromatic heterocycles. The standard InChI is InChI=1S/C19H18F2N4O2/c1-11(13-7-6-12(20)8-15(13)21)23-9-18-24-16-5-3-2-4-14(16)19(27)25(18)10-17(22)26/h2-8,11,23H,9-10H2,1H3,(H2,22,26)/p+1/t11-/m1/s1. The summed E-state index contributed by atoms with van der Waals surface area (Å²) in [5, 5.41) is 2.14. The Balaban J connectivity index is 1.93. The van der Waals surface area contributed by atoms with Gasteiger partial charge < -0.3 is 11.1 Å². The van der Waals surface area contributed by atoms with Gasteiger partial charge in [-0.1, -0.05) is 12.1 Å². The molecule has 0 bridgehead atoms. The molecule has 0 unspecified atom stereocenters. The van der Waals surface area contributed by atoms with E-state index in [1.165, 1.54) is 16.7 Å². The lowest BCUT2D eigenvalue weighted by atomic mass is 10.1. The SMILES string of the molecule is C[C@@H]([NH2+]Cc1nc2ccccc2c(=O)n1CC(N)=O)c1ccc(F)cc1F. The molecule has 0 aliphatic carbocycles. The zero-order valence-electron chi connectivity index (χ0n) is 14.7. The molecule has 6 nitrogen and oxygen atoms in total. The van der Waals surface area contributed by atoms with Crippen LogP contribution in [-0.4, -0.2) is 15.5 Å². The van der Waals surface area contributed by atoms with E-state index in [0.29, 0.717) is 22.3 Å². The molecular formula is C19H19F2N4O2+. The normalized spacial score (nSPS) is 12.3. The van der Waals surface area contributed by atoms with Crippen molar-refractivity contribution in [3.8, 4) is 0 Å². The predicted octanol–water partition coefficient (Wildman–Crippen LogP) is 0.985. The first kappa shape index (κ1) is 18.7. The number of benzene rings is 2. The van der Waals surface area contributed by atoms with Crippen LogP contribution in [0.25, 0.3) is 10.9 Å². The molecule has 0 radical (unpaired) electrons. The van der Waals surface area contributed by atoms with Crippen molar-refractivity contribution in [1.82, 2.24) is 9.55 Å². The second-order valence-corrected chi connectivity index (χ2v) is 6.30. The van der Waals surface area contributed by atoms with Crippen molar-refractivity contribution in [2.45, 2.75) is 26.1 Å². The van der Waals surface area contributed by atoms with Crippen molar-refractivity contribution >= 4 is 16.8 Å². The van der Waals surface area contributed by atoms with Gasteiger partial charge in [-0.2, -0.15) is 0 Å². The zero-order chi connectivity index (χ0) is 19.6. The summed E-state index contributed by atoms with van der Waals surface area (Å²) in [6, 6.07) is 9.87. The fourth-order valence-electron chi connectivity index (χ4n) is 2.97. The summed E-state index contributed by atoms with van der Waals surface area (Å²) in [4.78, 5) is 28.5. The summed E-state index contributed by atoms with van der Waals surface area (Å²) in [6.07, 6.45) is 0.